The largest absolute Gasteiger partial charge is 0.330 e. The van der Waals surface area contributed by atoms with E-state index in [-0.39, 0.29) is 23.2 Å². The smallest absolute Gasteiger partial charge is 0.244 e. The highest BCUT2D eigenvalue weighted by Crippen LogP contribution is 2.30. The zero-order valence-corrected chi connectivity index (χ0v) is 14.0. The predicted molar refractivity (Wildman–Crippen MR) is 82.3 cm³/mol. The number of rotatable bonds is 3. The SMILES string of the molecule is Cl.NCC1CCN(S(=O)(=O)c2ccc(Cl)cc2Br)C1. The molecule has 1 fully saturated rings. The molecule has 4 nitrogen and oxygen atoms in total. The van der Waals surface area contributed by atoms with Gasteiger partial charge in [-0.25, -0.2) is 8.42 Å². The summed E-state index contributed by atoms with van der Waals surface area (Å²) in [7, 11) is -3.46. The summed E-state index contributed by atoms with van der Waals surface area (Å²) in [6, 6.07) is 4.69. The van der Waals surface area contributed by atoms with Crippen molar-refractivity contribution in [2.24, 2.45) is 11.7 Å². The summed E-state index contributed by atoms with van der Waals surface area (Å²) < 4.78 is 26.9. The first-order valence-corrected chi connectivity index (χ1v) is 8.21. The van der Waals surface area contributed by atoms with Gasteiger partial charge >= 0.3 is 0 Å². The number of hydrogen-bond acceptors (Lipinski definition) is 3. The molecule has 1 unspecified atom stereocenters. The molecule has 1 aliphatic rings. The molecule has 1 saturated heterocycles. The summed E-state index contributed by atoms with van der Waals surface area (Å²) in [5.74, 6) is 0.255. The Morgan fingerprint density at radius 3 is 2.68 bits per heavy atom. The number of hydrogen-bond donors (Lipinski definition) is 1. The minimum atomic E-state index is -3.46. The number of sulfonamides is 1. The molecule has 0 bridgehead atoms. The lowest BCUT2D eigenvalue weighted by Gasteiger charge is -2.17. The Kier molecular flexibility index (Phi) is 6.10. The van der Waals surface area contributed by atoms with E-state index in [1.165, 1.54) is 10.4 Å². The first-order valence-electron chi connectivity index (χ1n) is 5.60. The number of nitrogens with two attached hydrogens (primary N) is 1. The van der Waals surface area contributed by atoms with Crippen LogP contribution in [0.2, 0.25) is 5.02 Å². The second-order valence-corrected chi connectivity index (χ2v) is 7.53. The molecule has 0 aliphatic carbocycles. The molecule has 8 heteroatoms. The van der Waals surface area contributed by atoms with Crippen molar-refractivity contribution in [3.8, 4) is 0 Å². The van der Waals surface area contributed by atoms with Crippen LogP contribution in [-0.4, -0.2) is 32.4 Å². The Morgan fingerprint density at radius 2 is 2.16 bits per heavy atom. The Morgan fingerprint density at radius 1 is 1.47 bits per heavy atom. The van der Waals surface area contributed by atoms with Crippen LogP contribution >= 0.6 is 39.9 Å². The van der Waals surface area contributed by atoms with Crippen molar-refractivity contribution in [2.75, 3.05) is 19.6 Å². The summed E-state index contributed by atoms with van der Waals surface area (Å²) in [5, 5.41) is 0.502. The zero-order valence-electron chi connectivity index (χ0n) is 10.1. The highest BCUT2D eigenvalue weighted by molar-refractivity contribution is 9.10. The maximum absolute atomic E-state index is 12.4. The molecule has 0 radical (unpaired) electrons. The van der Waals surface area contributed by atoms with Gasteiger partial charge in [0.2, 0.25) is 10.0 Å². The van der Waals surface area contributed by atoms with Crippen molar-refractivity contribution in [3.63, 3.8) is 0 Å². The van der Waals surface area contributed by atoms with Crippen molar-refractivity contribution in [2.45, 2.75) is 11.3 Å². The van der Waals surface area contributed by atoms with Gasteiger partial charge in [-0.15, -0.1) is 12.4 Å². The van der Waals surface area contributed by atoms with Gasteiger partial charge in [-0.2, -0.15) is 4.31 Å². The third kappa shape index (κ3) is 3.62. The fraction of sp³-hybridized carbons (Fsp3) is 0.455. The molecule has 0 aromatic heterocycles. The predicted octanol–water partition coefficient (Wildman–Crippen LogP) is 2.49. The Balaban J connectivity index is 0.00000180. The van der Waals surface area contributed by atoms with E-state index in [0.29, 0.717) is 29.1 Å². The number of nitrogens with zero attached hydrogens (tertiary/aromatic N) is 1. The van der Waals surface area contributed by atoms with E-state index in [9.17, 15) is 8.42 Å². The fourth-order valence-corrected chi connectivity index (χ4v) is 4.90. The molecule has 0 saturated carbocycles. The molecule has 0 amide bonds. The number of halogens is 3. The van der Waals surface area contributed by atoms with Gasteiger partial charge < -0.3 is 5.73 Å². The molecule has 108 valence electrons. The van der Waals surface area contributed by atoms with Crippen molar-refractivity contribution < 1.29 is 8.42 Å². The normalized spacial score (nSPS) is 20.3. The van der Waals surface area contributed by atoms with Crippen molar-refractivity contribution in [1.29, 1.82) is 0 Å². The van der Waals surface area contributed by atoms with Gasteiger partial charge in [-0.05, 0) is 53.0 Å². The highest BCUT2D eigenvalue weighted by atomic mass is 79.9. The van der Waals surface area contributed by atoms with E-state index in [1.807, 2.05) is 0 Å². The summed E-state index contributed by atoms with van der Waals surface area (Å²) in [4.78, 5) is 0.254. The van der Waals surface area contributed by atoms with E-state index in [0.717, 1.165) is 6.42 Å². The van der Waals surface area contributed by atoms with Crippen LogP contribution in [0.15, 0.2) is 27.6 Å². The van der Waals surface area contributed by atoms with Crippen LogP contribution in [0.5, 0.6) is 0 Å². The Bertz CT molecular complexity index is 554. The van der Waals surface area contributed by atoms with Gasteiger partial charge in [0.25, 0.3) is 0 Å². The van der Waals surface area contributed by atoms with Gasteiger partial charge in [0, 0.05) is 22.6 Å². The monoisotopic (exact) mass is 388 g/mol. The lowest BCUT2D eigenvalue weighted by molar-refractivity contribution is 0.459. The first kappa shape index (κ1) is 17.2. The van der Waals surface area contributed by atoms with Crippen molar-refractivity contribution >= 4 is 50.0 Å². The van der Waals surface area contributed by atoms with Crippen molar-refractivity contribution in [1.82, 2.24) is 4.31 Å². The molecule has 1 aromatic rings. The first-order chi connectivity index (χ1) is 8.45. The minimum Gasteiger partial charge on any atom is -0.330 e. The van der Waals surface area contributed by atoms with E-state index in [2.05, 4.69) is 15.9 Å². The molecule has 1 aromatic carbocycles. The van der Waals surface area contributed by atoms with Gasteiger partial charge in [-0.1, -0.05) is 11.6 Å². The minimum absolute atomic E-state index is 0. The van der Waals surface area contributed by atoms with E-state index >= 15 is 0 Å². The second kappa shape index (κ2) is 6.74. The molecule has 1 atom stereocenters. The second-order valence-electron chi connectivity index (χ2n) is 4.33. The van der Waals surface area contributed by atoms with Crippen molar-refractivity contribution in [3.05, 3.63) is 27.7 Å². The van der Waals surface area contributed by atoms with E-state index in [1.54, 1.807) is 12.1 Å². The standard InChI is InChI=1S/C11H14BrClN2O2S.ClH/c12-10-5-9(13)1-2-11(10)18(16,17)15-4-3-8(6-14)7-15;/h1-2,5,8H,3-4,6-7,14H2;1H. The average Bonchev–Trinajstić information content (AvgIpc) is 2.77. The van der Waals surface area contributed by atoms with Crippen LogP contribution in [0.3, 0.4) is 0 Å². The Labute approximate surface area is 132 Å². The summed E-state index contributed by atoms with van der Waals surface area (Å²) in [5.41, 5.74) is 5.58. The molecular formula is C11H15BrCl2N2O2S. The zero-order chi connectivity index (χ0) is 13.3. The van der Waals surface area contributed by atoms with Crippen LogP contribution in [0.25, 0.3) is 0 Å². The van der Waals surface area contributed by atoms with E-state index < -0.39 is 10.0 Å². The van der Waals surface area contributed by atoms with Gasteiger partial charge in [0.1, 0.15) is 0 Å². The van der Waals surface area contributed by atoms with Crippen LogP contribution in [0.4, 0.5) is 0 Å². The van der Waals surface area contributed by atoms with E-state index in [4.69, 9.17) is 17.3 Å². The summed E-state index contributed by atoms with van der Waals surface area (Å²) in [6.45, 7) is 1.54. The number of benzene rings is 1. The van der Waals surface area contributed by atoms with Gasteiger partial charge in [0.05, 0.1) is 4.90 Å². The third-order valence-electron chi connectivity index (χ3n) is 3.09. The summed E-state index contributed by atoms with van der Waals surface area (Å²) >= 11 is 9.06. The van der Waals surface area contributed by atoms with Crippen LogP contribution in [0.1, 0.15) is 6.42 Å². The lowest BCUT2D eigenvalue weighted by atomic mass is 10.1. The maximum atomic E-state index is 12.4. The lowest BCUT2D eigenvalue weighted by Crippen LogP contribution is -2.30. The molecule has 1 aliphatic heterocycles. The average molecular weight is 390 g/mol. The summed E-state index contributed by atoms with van der Waals surface area (Å²) in [6.07, 6.45) is 0.820. The molecule has 2 N–H and O–H groups in total. The molecular weight excluding hydrogens is 375 g/mol. The van der Waals surface area contributed by atoms with Crippen LogP contribution < -0.4 is 5.73 Å². The molecule has 0 spiro atoms. The van der Waals surface area contributed by atoms with Crippen LogP contribution in [-0.2, 0) is 10.0 Å². The topological polar surface area (TPSA) is 63.4 Å². The molecule has 19 heavy (non-hydrogen) atoms. The molecule has 1 heterocycles. The van der Waals surface area contributed by atoms with Gasteiger partial charge in [0.15, 0.2) is 0 Å². The van der Waals surface area contributed by atoms with Crippen LogP contribution in [0, 0.1) is 5.92 Å². The quantitative estimate of drug-likeness (QED) is 0.863. The Hall–Kier alpha value is 0.150. The van der Waals surface area contributed by atoms with Gasteiger partial charge in [-0.3, -0.25) is 0 Å². The highest BCUT2D eigenvalue weighted by Gasteiger charge is 2.32. The fourth-order valence-electron chi connectivity index (χ4n) is 2.03. The molecule has 2 rings (SSSR count). The third-order valence-corrected chi connectivity index (χ3v) is 6.17. The maximum Gasteiger partial charge on any atom is 0.244 e.